The first-order valence-electron chi connectivity index (χ1n) is 10.8. The molecule has 0 bridgehead atoms. The highest BCUT2D eigenvalue weighted by Gasteiger charge is 2.24. The molecule has 164 valence electrons. The lowest BCUT2D eigenvalue weighted by atomic mass is 10.00. The minimum absolute atomic E-state index is 0.0385. The number of hydrogen-bond donors (Lipinski definition) is 2. The van der Waals surface area contributed by atoms with Crippen molar-refractivity contribution in [2.45, 2.75) is 40.3 Å². The van der Waals surface area contributed by atoms with Gasteiger partial charge in [0.1, 0.15) is 11.5 Å². The van der Waals surface area contributed by atoms with Crippen LogP contribution in [0.25, 0.3) is 5.65 Å². The largest absolute Gasteiger partial charge is 0.390 e. The number of aliphatic hydroxyl groups excluding tert-OH is 1. The Morgan fingerprint density at radius 1 is 1.19 bits per heavy atom. The van der Waals surface area contributed by atoms with E-state index in [0.29, 0.717) is 55.6 Å². The molecule has 0 aliphatic carbocycles. The first-order valence-corrected chi connectivity index (χ1v) is 10.8. The minimum atomic E-state index is -0.151. The third kappa shape index (κ3) is 4.03. The topological polar surface area (TPSA) is 79.1 Å². The Morgan fingerprint density at radius 3 is 2.68 bits per heavy atom. The number of aromatic nitrogens is 2. The number of carbonyl (C=O) groups is 1. The number of rotatable bonds is 6. The molecule has 0 atom stereocenters. The highest BCUT2D eigenvalue weighted by molar-refractivity contribution is 5.99. The second-order valence-corrected chi connectivity index (χ2v) is 7.92. The van der Waals surface area contributed by atoms with E-state index in [1.54, 1.807) is 0 Å². The average molecular weight is 423 g/mol. The van der Waals surface area contributed by atoms with E-state index in [1.807, 2.05) is 28.4 Å². The number of anilines is 1. The van der Waals surface area contributed by atoms with Crippen LogP contribution in [0.3, 0.4) is 0 Å². The summed E-state index contributed by atoms with van der Waals surface area (Å²) < 4.78 is 7.29. The minimum Gasteiger partial charge on any atom is -0.390 e. The van der Waals surface area contributed by atoms with Gasteiger partial charge in [0.05, 0.1) is 36.8 Å². The molecule has 1 aromatic carbocycles. The second kappa shape index (κ2) is 9.08. The molecule has 3 aromatic rings. The summed E-state index contributed by atoms with van der Waals surface area (Å²) in [6.07, 6.45) is 0.939. The first-order chi connectivity index (χ1) is 15.0. The molecule has 0 saturated carbocycles. The van der Waals surface area contributed by atoms with E-state index in [1.165, 1.54) is 16.7 Å². The monoisotopic (exact) mass is 422 g/mol. The molecule has 3 heterocycles. The lowest BCUT2D eigenvalue weighted by Crippen LogP contribution is -2.41. The summed E-state index contributed by atoms with van der Waals surface area (Å²) in [6.45, 7) is 8.81. The van der Waals surface area contributed by atoms with Gasteiger partial charge >= 0.3 is 0 Å². The molecule has 1 amide bonds. The van der Waals surface area contributed by atoms with E-state index in [9.17, 15) is 9.90 Å². The van der Waals surface area contributed by atoms with Crippen molar-refractivity contribution in [2.75, 3.05) is 31.6 Å². The predicted molar refractivity (Wildman–Crippen MR) is 120 cm³/mol. The lowest BCUT2D eigenvalue weighted by Gasteiger charge is -2.28. The van der Waals surface area contributed by atoms with Gasteiger partial charge in [-0.25, -0.2) is 4.98 Å². The maximum Gasteiger partial charge on any atom is 0.257 e. The Labute approximate surface area is 182 Å². The van der Waals surface area contributed by atoms with Crippen LogP contribution >= 0.6 is 0 Å². The molecular formula is C24H30N4O3. The van der Waals surface area contributed by atoms with Crippen LogP contribution in [0, 0.1) is 13.8 Å². The summed E-state index contributed by atoms with van der Waals surface area (Å²) in [5.41, 5.74) is 6.46. The summed E-state index contributed by atoms with van der Waals surface area (Å²) >= 11 is 0. The van der Waals surface area contributed by atoms with E-state index in [-0.39, 0.29) is 12.5 Å². The summed E-state index contributed by atoms with van der Waals surface area (Å²) in [5.74, 6) is 0.632. The van der Waals surface area contributed by atoms with Gasteiger partial charge in [-0.3, -0.25) is 9.20 Å². The molecule has 1 aliphatic rings. The number of nitrogens with zero attached hydrogens (tertiary/aromatic N) is 3. The molecule has 0 radical (unpaired) electrons. The second-order valence-electron chi connectivity index (χ2n) is 7.92. The quantitative estimate of drug-likeness (QED) is 0.638. The molecule has 0 unspecified atom stereocenters. The fourth-order valence-corrected chi connectivity index (χ4v) is 4.29. The molecule has 0 spiro atoms. The maximum absolute atomic E-state index is 13.4. The van der Waals surface area contributed by atoms with Crippen molar-refractivity contribution in [1.82, 2.24) is 14.3 Å². The number of ether oxygens (including phenoxy) is 1. The number of morpholine rings is 1. The molecule has 7 nitrogen and oxygen atoms in total. The fraction of sp³-hybridized carbons (Fsp3) is 0.417. The number of fused-ring (bicyclic) bond motifs is 1. The van der Waals surface area contributed by atoms with Crippen molar-refractivity contribution < 1.29 is 14.6 Å². The van der Waals surface area contributed by atoms with Crippen LogP contribution in [-0.2, 0) is 24.3 Å². The number of aliphatic hydroxyl groups is 1. The smallest absolute Gasteiger partial charge is 0.257 e. The number of benzene rings is 1. The van der Waals surface area contributed by atoms with Crippen molar-refractivity contribution in [1.29, 1.82) is 0 Å². The Kier molecular flexibility index (Phi) is 6.25. The van der Waals surface area contributed by atoms with Crippen molar-refractivity contribution >= 4 is 17.4 Å². The lowest BCUT2D eigenvalue weighted by molar-refractivity contribution is 0.0303. The third-order valence-corrected chi connectivity index (χ3v) is 6.08. The summed E-state index contributed by atoms with van der Waals surface area (Å²) in [4.78, 5) is 19.8. The fourth-order valence-electron chi connectivity index (χ4n) is 4.29. The van der Waals surface area contributed by atoms with Gasteiger partial charge in [0.15, 0.2) is 0 Å². The molecule has 1 aliphatic heterocycles. The standard InChI is InChI=1S/C24H30N4O3/c1-4-18-7-5-6-16(2)20(18)14-25-23-19(24(30)27-10-12-31-13-11-27)8-9-22-26-17(3)21(15-29)28(22)23/h5-9,25,29H,4,10-15H2,1-3H3. The third-order valence-electron chi connectivity index (χ3n) is 6.08. The van der Waals surface area contributed by atoms with Gasteiger partial charge in [0, 0.05) is 19.6 Å². The Bertz CT molecular complexity index is 1100. The van der Waals surface area contributed by atoms with Crippen molar-refractivity contribution in [2.24, 2.45) is 0 Å². The van der Waals surface area contributed by atoms with E-state index in [0.717, 1.165) is 12.1 Å². The maximum atomic E-state index is 13.4. The van der Waals surface area contributed by atoms with Crippen molar-refractivity contribution in [3.8, 4) is 0 Å². The van der Waals surface area contributed by atoms with Crippen LogP contribution in [0.5, 0.6) is 0 Å². The summed E-state index contributed by atoms with van der Waals surface area (Å²) in [5, 5.41) is 13.5. The van der Waals surface area contributed by atoms with Crippen LogP contribution in [0.2, 0.25) is 0 Å². The molecular weight excluding hydrogens is 392 g/mol. The Morgan fingerprint density at radius 2 is 1.97 bits per heavy atom. The first kappa shape index (κ1) is 21.3. The molecule has 4 rings (SSSR count). The summed E-state index contributed by atoms with van der Waals surface area (Å²) in [6, 6.07) is 10.0. The van der Waals surface area contributed by atoms with Crippen LogP contribution in [-0.4, -0.2) is 51.6 Å². The van der Waals surface area contributed by atoms with Crippen LogP contribution in [0.15, 0.2) is 30.3 Å². The van der Waals surface area contributed by atoms with Gasteiger partial charge in [-0.15, -0.1) is 0 Å². The normalized spacial score (nSPS) is 14.3. The molecule has 31 heavy (non-hydrogen) atoms. The van der Waals surface area contributed by atoms with Crippen LogP contribution < -0.4 is 5.32 Å². The molecule has 7 heteroatoms. The van der Waals surface area contributed by atoms with Crippen molar-refractivity contribution in [3.63, 3.8) is 0 Å². The van der Waals surface area contributed by atoms with E-state index < -0.39 is 0 Å². The predicted octanol–water partition coefficient (Wildman–Crippen LogP) is 3.09. The number of imidazole rings is 1. The Hall–Kier alpha value is -2.90. The average Bonchev–Trinajstić information content (AvgIpc) is 3.13. The zero-order valence-corrected chi connectivity index (χ0v) is 18.4. The molecule has 1 saturated heterocycles. The van der Waals surface area contributed by atoms with Gasteiger partial charge in [-0.05, 0) is 49.1 Å². The zero-order valence-electron chi connectivity index (χ0n) is 18.4. The van der Waals surface area contributed by atoms with E-state index >= 15 is 0 Å². The number of pyridine rings is 1. The van der Waals surface area contributed by atoms with Gasteiger partial charge in [0.25, 0.3) is 5.91 Å². The highest BCUT2D eigenvalue weighted by atomic mass is 16.5. The number of carbonyl (C=O) groups excluding carboxylic acids is 1. The van der Waals surface area contributed by atoms with Gasteiger partial charge < -0.3 is 20.1 Å². The van der Waals surface area contributed by atoms with Crippen LogP contribution in [0.1, 0.15) is 45.4 Å². The number of amides is 1. The molecule has 2 aromatic heterocycles. The van der Waals surface area contributed by atoms with Gasteiger partial charge in [-0.1, -0.05) is 25.1 Å². The Balaban J connectivity index is 1.80. The molecule has 2 N–H and O–H groups in total. The van der Waals surface area contributed by atoms with Crippen molar-refractivity contribution in [3.05, 3.63) is 64.0 Å². The summed E-state index contributed by atoms with van der Waals surface area (Å²) in [7, 11) is 0. The number of aryl methyl sites for hydroxylation is 3. The number of hydrogen-bond acceptors (Lipinski definition) is 5. The van der Waals surface area contributed by atoms with E-state index in [2.05, 4.69) is 42.3 Å². The van der Waals surface area contributed by atoms with Gasteiger partial charge in [-0.2, -0.15) is 0 Å². The zero-order chi connectivity index (χ0) is 22.0. The SMILES string of the molecule is CCc1cccc(C)c1CNc1c(C(=O)N2CCOCC2)ccc2nc(C)c(CO)n12. The van der Waals surface area contributed by atoms with Gasteiger partial charge in [0.2, 0.25) is 0 Å². The van der Waals surface area contributed by atoms with E-state index in [4.69, 9.17) is 4.74 Å². The number of nitrogens with one attached hydrogen (secondary N) is 1. The molecule has 1 fully saturated rings. The van der Waals surface area contributed by atoms with Crippen LogP contribution in [0.4, 0.5) is 5.82 Å². The highest BCUT2D eigenvalue weighted by Crippen LogP contribution is 2.26.